The van der Waals surface area contributed by atoms with Gasteiger partial charge in [-0.1, -0.05) is 24.3 Å². The minimum Gasteiger partial charge on any atom is -0.482 e. The number of nitrogens with zero attached hydrogens (tertiary/aromatic N) is 1. The van der Waals surface area contributed by atoms with Crippen LogP contribution in [-0.4, -0.2) is 61.9 Å². The number of rotatable bonds is 10. The van der Waals surface area contributed by atoms with Crippen LogP contribution in [0.5, 0.6) is 5.75 Å². The predicted molar refractivity (Wildman–Crippen MR) is 145 cm³/mol. The molecule has 2 aromatic carbocycles. The van der Waals surface area contributed by atoms with E-state index in [0.717, 1.165) is 30.2 Å². The lowest BCUT2D eigenvalue weighted by atomic mass is 9.92. The average Bonchev–Trinajstić information content (AvgIpc) is 3.24. The maximum atomic E-state index is 13.3. The summed E-state index contributed by atoms with van der Waals surface area (Å²) in [7, 11) is -1.55. The molecule has 2 aromatic rings. The highest BCUT2D eigenvalue weighted by molar-refractivity contribution is 7.90. The summed E-state index contributed by atoms with van der Waals surface area (Å²) in [6.45, 7) is 5.16. The number of carbonyl (C=O) groups excluding carboxylic acids is 2. The minimum absolute atomic E-state index is 0.110. The van der Waals surface area contributed by atoms with Gasteiger partial charge in [-0.05, 0) is 87.8 Å². The van der Waals surface area contributed by atoms with Gasteiger partial charge >= 0.3 is 5.97 Å². The maximum Gasteiger partial charge on any atom is 0.344 e. The van der Waals surface area contributed by atoms with E-state index in [1.807, 2.05) is 18.2 Å². The molecule has 8 nitrogen and oxygen atoms in total. The van der Waals surface area contributed by atoms with E-state index in [4.69, 9.17) is 9.47 Å². The van der Waals surface area contributed by atoms with Crippen LogP contribution >= 0.6 is 0 Å². The summed E-state index contributed by atoms with van der Waals surface area (Å²) >= 11 is 0. The highest BCUT2D eigenvalue weighted by Crippen LogP contribution is 2.37. The number of benzene rings is 2. The second kappa shape index (κ2) is 12.3. The normalized spacial score (nSPS) is 18.6. The zero-order valence-electron chi connectivity index (χ0n) is 22.8. The van der Waals surface area contributed by atoms with Crippen molar-refractivity contribution in [2.75, 3.05) is 19.9 Å². The standard InChI is InChI=1S/C29H39NO7S/c1-29(2,3)37-28(33)19-36-24-8-6-7-22(18-24)26(16-21-9-12-23(31)15-21)30(4)27(32)17-20-10-13-25(14-11-20)38(5,34)35/h6-8,10-11,13-14,18,21,23,26,31H,9,12,15-17,19H2,1-5H3. The third-order valence-electron chi connectivity index (χ3n) is 6.66. The summed E-state index contributed by atoms with van der Waals surface area (Å²) in [5.74, 6) is 0.196. The van der Waals surface area contributed by atoms with Crippen LogP contribution in [-0.2, 0) is 30.6 Å². The Hall–Kier alpha value is -2.91. The number of likely N-dealkylation sites (N-methyl/N-ethyl adjacent to an activating group) is 1. The Labute approximate surface area is 225 Å². The molecule has 1 aliphatic carbocycles. The lowest BCUT2D eigenvalue weighted by Gasteiger charge is -2.31. The molecule has 0 heterocycles. The molecule has 3 atom stereocenters. The van der Waals surface area contributed by atoms with E-state index in [-0.39, 0.29) is 41.9 Å². The van der Waals surface area contributed by atoms with E-state index in [1.165, 1.54) is 12.1 Å². The second-order valence-electron chi connectivity index (χ2n) is 11.1. The third-order valence-corrected chi connectivity index (χ3v) is 7.79. The van der Waals surface area contributed by atoms with E-state index < -0.39 is 21.4 Å². The SMILES string of the molecule is CN(C(=O)Cc1ccc(S(C)(=O)=O)cc1)C(CC1CCC(O)C1)c1cccc(OCC(=O)OC(C)(C)C)c1. The molecule has 1 fully saturated rings. The van der Waals surface area contributed by atoms with Crippen molar-refractivity contribution in [2.24, 2.45) is 5.92 Å². The molecule has 0 aliphatic heterocycles. The molecular weight excluding hydrogens is 506 g/mol. The molecule has 1 saturated carbocycles. The molecule has 0 radical (unpaired) electrons. The van der Waals surface area contributed by atoms with Gasteiger partial charge in [-0.3, -0.25) is 4.79 Å². The van der Waals surface area contributed by atoms with E-state index >= 15 is 0 Å². The van der Waals surface area contributed by atoms with Crippen molar-refractivity contribution in [2.45, 2.75) is 75.5 Å². The van der Waals surface area contributed by atoms with Crippen molar-refractivity contribution in [1.82, 2.24) is 4.90 Å². The molecule has 3 rings (SSSR count). The topological polar surface area (TPSA) is 110 Å². The second-order valence-corrected chi connectivity index (χ2v) is 13.1. The van der Waals surface area contributed by atoms with Gasteiger partial charge in [0.25, 0.3) is 0 Å². The zero-order chi connectivity index (χ0) is 28.1. The van der Waals surface area contributed by atoms with Gasteiger partial charge < -0.3 is 19.5 Å². The first-order chi connectivity index (χ1) is 17.7. The van der Waals surface area contributed by atoms with E-state index in [2.05, 4.69) is 0 Å². The van der Waals surface area contributed by atoms with Crippen LogP contribution in [0, 0.1) is 5.92 Å². The van der Waals surface area contributed by atoms with Crippen molar-refractivity contribution in [3.63, 3.8) is 0 Å². The highest BCUT2D eigenvalue weighted by atomic mass is 32.2. The number of sulfone groups is 1. The van der Waals surface area contributed by atoms with Crippen LogP contribution < -0.4 is 4.74 Å². The van der Waals surface area contributed by atoms with Crippen LogP contribution in [0.15, 0.2) is 53.4 Å². The highest BCUT2D eigenvalue weighted by Gasteiger charge is 2.30. The van der Waals surface area contributed by atoms with E-state index in [9.17, 15) is 23.1 Å². The molecule has 9 heteroatoms. The Balaban J connectivity index is 1.77. The first-order valence-electron chi connectivity index (χ1n) is 12.9. The first-order valence-corrected chi connectivity index (χ1v) is 14.8. The number of aliphatic hydroxyl groups is 1. The largest absolute Gasteiger partial charge is 0.482 e. The minimum atomic E-state index is -3.31. The van der Waals surface area contributed by atoms with Crippen LogP contribution in [0.25, 0.3) is 0 Å². The summed E-state index contributed by atoms with van der Waals surface area (Å²) in [5, 5.41) is 10.1. The van der Waals surface area contributed by atoms with Gasteiger partial charge in [0.15, 0.2) is 16.4 Å². The molecule has 208 valence electrons. The van der Waals surface area contributed by atoms with Crippen molar-refractivity contribution < 1.29 is 32.6 Å². The Morgan fingerprint density at radius 3 is 2.37 bits per heavy atom. The molecule has 1 amide bonds. The molecule has 0 bridgehead atoms. The van der Waals surface area contributed by atoms with Crippen LogP contribution in [0.2, 0.25) is 0 Å². The maximum absolute atomic E-state index is 13.3. The van der Waals surface area contributed by atoms with Gasteiger partial charge in [-0.2, -0.15) is 0 Å². The lowest BCUT2D eigenvalue weighted by molar-refractivity contribution is -0.157. The Kier molecular flexibility index (Phi) is 9.59. The van der Waals surface area contributed by atoms with E-state index in [1.54, 1.807) is 50.9 Å². The van der Waals surface area contributed by atoms with Crippen molar-refractivity contribution in [3.8, 4) is 5.75 Å². The van der Waals surface area contributed by atoms with Gasteiger partial charge in [-0.25, -0.2) is 13.2 Å². The summed E-state index contributed by atoms with van der Waals surface area (Å²) in [6.07, 6.45) is 3.97. The van der Waals surface area contributed by atoms with Gasteiger partial charge in [0.05, 0.1) is 23.5 Å². The van der Waals surface area contributed by atoms with Gasteiger partial charge in [-0.15, -0.1) is 0 Å². The Morgan fingerprint density at radius 2 is 1.79 bits per heavy atom. The first kappa shape index (κ1) is 29.6. The summed E-state index contributed by atoms with van der Waals surface area (Å²) in [6, 6.07) is 13.4. The van der Waals surface area contributed by atoms with Crippen molar-refractivity contribution >= 4 is 21.7 Å². The van der Waals surface area contributed by atoms with Gasteiger partial charge in [0.2, 0.25) is 5.91 Å². The van der Waals surface area contributed by atoms with Gasteiger partial charge in [0, 0.05) is 13.3 Å². The summed E-state index contributed by atoms with van der Waals surface area (Å²) in [5.41, 5.74) is 0.989. The molecular formula is C29H39NO7S. The lowest BCUT2D eigenvalue weighted by Crippen LogP contribution is -2.33. The van der Waals surface area contributed by atoms with Crippen LogP contribution in [0.1, 0.15) is 63.6 Å². The van der Waals surface area contributed by atoms with Crippen molar-refractivity contribution in [1.29, 1.82) is 0 Å². The number of hydrogen-bond donors (Lipinski definition) is 1. The fraction of sp³-hybridized carbons (Fsp3) is 0.517. The predicted octanol–water partition coefficient (Wildman–Crippen LogP) is 4.10. The number of carbonyl (C=O) groups is 2. The molecule has 1 aliphatic rings. The number of esters is 1. The smallest absolute Gasteiger partial charge is 0.344 e. The fourth-order valence-corrected chi connectivity index (χ4v) is 5.38. The quantitative estimate of drug-likeness (QED) is 0.448. The molecule has 0 aromatic heterocycles. The monoisotopic (exact) mass is 545 g/mol. The molecule has 3 unspecified atom stereocenters. The molecule has 0 spiro atoms. The summed E-state index contributed by atoms with van der Waals surface area (Å²) < 4.78 is 34.5. The summed E-state index contributed by atoms with van der Waals surface area (Å²) in [4.78, 5) is 27.4. The average molecular weight is 546 g/mol. The number of hydrogen-bond acceptors (Lipinski definition) is 7. The van der Waals surface area contributed by atoms with Gasteiger partial charge in [0.1, 0.15) is 11.4 Å². The molecule has 0 saturated heterocycles. The van der Waals surface area contributed by atoms with E-state index in [0.29, 0.717) is 18.6 Å². The molecule has 38 heavy (non-hydrogen) atoms. The van der Waals surface area contributed by atoms with Crippen LogP contribution in [0.3, 0.4) is 0 Å². The number of aliphatic hydroxyl groups excluding tert-OH is 1. The van der Waals surface area contributed by atoms with Crippen molar-refractivity contribution in [3.05, 3.63) is 59.7 Å². The zero-order valence-corrected chi connectivity index (χ0v) is 23.7. The number of ether oxygens (including phenoxy) is 2. The number of amides is 1. The fourth-order valence-electron chi connectivity index (χ4n) is 4.75. The Bertz CT molecular complexity index is 1220. The Morgan fingerprint density at radius 1 is 1.11 bits per heavy atom. The third kappa shape index (κ3) is 8.84. The molecule has 1 N–H and O–H groups in total. The van der Waals surface area contributed by atoms with Crippen LogP contribution in [0.4, 0.5) is 0 Å².